The normalized spacial score (nSPS) is 11.3. The number of rotatable bonds is 3. The van der Waals surface area contributed by atoms with Gasteiger partial charge in [0.05, 0.1) is 16.4 Å². The lowest BCUT2D eigenvalue weighted by atomic mass is 10.1. The third kappa shape index (κ3) is 2.73. The molecule has 0 amide bonds. The summed E-state index contributed by atoms with van der Waals surface area (Å²) in [5, 5.41) is 0.0998. The van der Waals surface area contributed by atoms with E-state index in [1.165, 1.54) is 12.1 Å². The molecule has 0 spiro atoms. The molecule has 0 fully saturated rings. The zero-order valence-corrected chi connectivity index (χ0v) is 12.7. The maximum atomic E-state index is 12.4. The highest BCUT2D eigenvalue weighted by Gasteiger charge is 2.21. The zero-order valence-electron chi connectivity index (χ0n) is 11.1. The average molecular weight is 311 g/mol. The molecule has 0 aliphatic carbocycles. The van der Waals surface area contributed by atoms with E-state index in [4.69, 9.17) is 17.3 Å². The van der Waals surface area contributed by atoms with Crippen LogP contribution in [0.25, 0.3) is 0 Å². The number of benzene rings is 2. The van der Waals surface area contributed by atoms with Gasteiger partial charge in [-0.1, -0.05) is 29.8 Å². The Kier molecular flexibility index (Phi) is 3.92. The van der Waals surface area contributed by atoms with E-state index in [0.717, 1.165) is 11.1 Å². The number of sulfonamides is 1. The van der Waals surface area contributed by atoms with E-state index in [9.17, 15) is 8.42 Å². The largest absolute Gasteiger partial charge is 0.398 e. The maximum absolute atomic E-state index is 12.4. The van der Waals surface area contributed by atoms with Crippen LogP contribution in [-0.2, 0) is 10.0 Å². The van der Waals surface area contributed by atoms with Crippen LogP contribution < -0.4 is 10.5 Å². The van der Waals surface area contributed by atoms with Gasteiger partial charge >= 0.3 is 0 Å². The number of hydrogen-bond donors (Lipinski definition) is 2. The Balaban J connectivity index is 2.50. The summed E-state index contributed by atoms with van der Waals surface area (Å²) in [6, 6.07) is 10.0. The Morgan fingerprint density at radius 1 is 1.10 bits per heavy atom. The molecular weight excluding hydrogens is 296 g/mol. The van der Waals surface area contributed by atoms with Crippen LogP contribution >= 0.6 is 11.6 Å². The molecule has 4 nitrogen and oxygen atoms in total. The first-order valence-electron chi connectivity index (χ1n) is 5.96. The highest BCUT2D eigenvalue weighted by molar-refractivity contribution is 7.93. The van der Waals surface area contributed by atoms with Gasteiger partial charge in [-0.25, -0.2) is 8.42 Å². The summed E-state index contributed by atoms with van der Waals surface area (Å²) in [5.41, 5.74) is 8.22. The fourth-order valence-corrected chi connectivity index (χ4v) is 3.67. The molecule has 20 heavy (non-hydrogen) atoms. The topological polar surface area (TPSA) is 72.2 Å². The van der Waals surface area contributed by atoms with E-state index in [1.54, 1.807) is 18.2 Å². The second-order valence-electron chi connectivity index (χ2n) is 4.51. The Labute approximate surface area is 123 Å². The van der Waals surface area contributed by atoms with Gasteiger partial charge in [-0.15, -0.1) is 0 Å². The molecule has 2 rings (SSSR count). The monoisotopic (exact) mass is 310 g/mol. The minimum absolute atomic E-state index is 0.0948. The number of hydrogen-bond acceptors (Lipinski definition) is 3. The molecular formula is C14H15ClN2O2S. The van der Waals surface area contributed by atoms with Crippen molar-refractivity contribution in [3.05, 3.63) is 52.5 Å². The fourth-order valence-electron chi connectivity index (χ4n) is 1.87. The Bertz CT molecular complexity index is 738. The molecule has 0 aliphatic heterocycles. The Morgan fingerprint density at radius 2 is 1.75 bits per heavy atom. The summed E-state index contributed by atoms with van der Waals surface area (Å²) in [6.07, 6.45) is 0. The molecule has 0 saturated heterocycles. The number of halogens is 1. The van der Waals surface area contributed by atoms with Crippen LogP contribution in [0.2, 0.25) is 5.02 Å². The lowest BCUT2D eigenvalue weighted by molar-refractivity contribution is 0.601. The van der Waals surface area contributed by atoms with E-state index < -0.39 is 10.0 Å². The van der Waals surface area contributed by atoms with E-state index in [-0.39, 0.29) is 15.6 Å². The lowest BCUT2D eigenvalue weighted by Crippen LogP contribution is -2.16. The Morgan fingerprint density at radius 3 is 2.40 bits per heavy atom. The van der Waals surface area contributed by atoms with Crippen LogP contribution in [0.15, 0.2) is 41.3 Å². The zero-order chi connectivity index (χ0) is 14.9. The summed E-state index contributed by atoms with van der Waals surface area (Å²) >= 11 is 5.95. The number of aryl methyl sites for hydroxylation is 1. The van der Waals surface area contributed by atoms with Crippen molar-refractivity contribution in [3.63, 3.8) is 0 Å². The average Bonchev–Trinajstić information content (AvgIpc) is 2.34. The number of anilines is 2. The second-order valence-corrected chi connectivity index (χ2v) is 6.54. The van der Waals surface area contributed by atoms with Gasteiger partial charge in [0.2, 0.25) is 0 Å². The van der Waals surface area contributed by atoms with Gasteiger partial charge in [0.25, 0.3) is 10.0 Å². The molecule has 2 aromatic rings. The number of nitrogens with two attached hydrogens (primary N) is 1. The summed E-state index contributed by atoms with van der Waals surface area (Å²) in [7, 11) is -3.82. The van der Waals surface area contributed by atoms with Crippen LogP contribution in [0.3, 0.4) is 0 Å². The standard InChI is InChI=1S/C14H15ClN2O2S/c1-9-5-3-8-13(10(9)2)17-20(18,19)14-11(15)6-4-7-12(14)16/h3-8,17H,16H2,1-2H3. The molecule has 0 radical (unpaired) electrons. The molecule has 0 bridgehead atoms. The molecule has 0 aromatic heterocycles. The minimum atomic E-state index is -3.82. The first kappa shape index (κ1) is 14.7. The molecule has 3 N–H and O–H groups in total. The molecule has 0 unspecified atom stereocenters. The van der Waals surface area contributed by atoms with Crippen LogP contribution in [0.4, 0.5) is 11.4 Å². The second kappa shape index (κ2) is 5.34. The summed E-state index contributed by atoms with van der Waals surface area (Å²) < 4.78 is 27.4. The predicted octanol–water partition coefficient (Wildman–Crippen LogP) is 3.34. The van der Waals surface area contributed by atoms with Crippen LogP contribution in [0, 0.1) is 13.8 Å². The van der Waals surface area contributed by atoms with Crippen molar-refractivity contribution in [3.8, 4) is 0 Å². The van der Waals surface area contributed by atoms with E-state index in [2.05, 4.69) is 4.72 Å². The van der Waals surface area contributed by atoms with E-state index in [0.29, 0.717) is 5.69 Å². The third-order valence-electron chi connectivity index (χ3n) is 3.12. The van der Waals surface area contributed by atoms with Crippen molar-refractivity contribution < 1.29 is 8.42 Å². The minimum Gasteiger partial charge on any atom is -0.398 e. The highest BCUT2D eigenvalue weighted by Crippen LogP contribution is 2.30. The first-order chi connectivity index (χ1) is 9.33. The number of nitrogens with one attached hydrogen (secondary N) is 1. The smallest absolute Gasteiger partial charge is 0.265 e. The molecule has 0 saturated carbocycles. The van der Waals surface area contributed by atoms with E-state index >= 15 is 0 Å². The SMILES string of the molecule is Cc1cccc(NS(=O)(=O)c2c(N)cccc2Cl)c1C. The van der Waals surface area contributed by atoms with Gasteiger partial charge < -0.3 is 5.73 Å². The number of nitrogen functional groups attached to an aromatic ring is 1. The van der Waals surface area contributed by atoms with Gasteiger partial charge in [0, 0.05) is 0 Å². The molecule has 0 atom stereocenters. The van der Waals surface area contributed by atoms with Gasteiger partial charge in [-0.3, -0.25) is 4.72 Å². The summed E-state index contributed by atoms with van der Waals surface area (Å²) in [4.78, 5) is -0.0948. The Hall–Kier alpha value is -1.72. The van der Waals surface area contributed by atoms with Crippen molar-refractivity contribution in [2.75, 3.05) is 10.5 Å². The molecule has 106 valence electrons. The van der Waals surface area contributed by atoms with Gasteiger partial charge in [0.15, 0.2) is 0 Å². The van der Waals surface area contributed by atoms with Crippen molar-refractivity contribution >= 4 is 33.0 Å². The molecule has 0 heterocycles. The fraction of sp³-hybridized carbons (Fsp3) is 0.143. The molecule has 6 heteroatoms. The molecule has 0 aliphatic rings. The van der Waals surface area contributed by atoms with Crippen LogP contribution in [-0.4, -0.2) is 8.42 Å². The predicted molar refractivity (Wildman–Crippen MR) is 82.6 cm³/mol. The van der Waals surface area contributed by atoms with Gasteiger partial charge in [0.1, 0.15) is 4.90 Å². The van der Waals surface area contributed by atoms with Crippen LogP contribution in [0.5, 0.6) is 0 Å². The summed E-state index contributed by atoms with van der Waals surface area (Å²) in [6.45, 7) is 3.76. The highest BCUT2D eigenvalue weighted by atomic mass is 35.5. The van der Waals surface area contributed by atoms with Crippen molar-refractivity contribution in [1.82, 2.24) is 0 Å². The first-order valence-corrected chi connectivity index (χ1v) is 7.82. The third-order valence-corrected chi connectivity index (χ3v) is 5.02. The lowest BCUT2D eigenvalue weighted by Gasteiger charge is -2.14. The quantitative estimate of drug-likeness (QED) is 0.854. The van der Waals surface area contributed by atoms with Crippen molar-refractivity contribution in [1.29, 1.82) is 0 Å². The van der Waals surface area contributed by atoms with E-state index in [1.807, 2.05) is 19.9 Å². The van der Waals surface area contributed by atoms with Gasteiger partial charge in [-0.2, -0.15) is 0 Å². The summed E-state index contributed by atoms with van der Waals surface area (Å²) in [5.74, 6) is 0. The maximum Gasteiger partial charge on any atom is 0.265 e. The van der Waals surface area contributed by atoms with Crippen LogP contribution in [0.1, 0.15) is 11.1 Å². The van der Waals surface area contributed by atoms with Crippen molar-refractivity contribution in [2.45, 2.75) is 18.7 Å². The van der Waals surface area contributed by atoms with Crippen molar-refractivity contribution in [2.24, 2.45) is 0 Å². The van der Waals surface area contributed by atoms with Gasteiger partial charge in [-0.05, 0) is 43.2 Å². The molecule has 2 aromatic carbocycles.